The summed E-state index contributed by atoms with van der Waals surface area (Å²) in [5.41, 5.74) is 1.84. The summed E-state index contributed by atoms with van der Waals surface area (Å²) >= 11 is 1.59. The van der Waals surface area contributed by atoms with Gasteiger partial charge >= 0.3 is 0 Å². The second-order valence-electron chi connectivity index (χ2n) is 5.56. The van der Waals surface area contributed by atoms with Gasteiger partial charge in [-0.25, -0.2) is 10.8 Å². The number of nitrogens with one attached hydrogen (secondary N) is 2. The number of carbonyl (C=O) groups excluding carboxylic acids is 1. The van der Waals surface area contributed by atoms with Crippen LogP contribution in [0.3, 0.4) is 0 Å². The molecule has 0 aliphatic carbocycles. The summed E-state index contributed by atoms with van der Waals surface area (Å²) in [4.78, 5) is 25.1. The largest absolute Gasteiger partial charge is 0.352 e. The Bertz CT molecular complexity index is 710. The number of aryl methyl sites for hydroxylation is 1. The Morgan fingerprint density at radius 3 is 2.95 bits per heavy atom. The van der Waals surface area contributed by atoms with Gasteiger partial charge in [-0.1, -0.05) is 0 Å². The van der Waals surface area contributed by atoms with Crippen LogP contribution in [0.4, 0.5) is 11.8 Å². The highest BCUT2D eigenvalue weighted by Gasteiger charge is 2.39. The highest BCUT2D eigenvalue weighted by atomic mass is 32.1. The third kappa shape index (κ3) is 2.20. The Labute approximate surface area is 126 Å². The molecule has 0 unspecified atom stereocenters. The summed E-state index contributed by atoms with van der Waals surface area (Å²) in [6.45, 7) is 7.11. The minimum Gasteiger partial charge on any atom is -0.352 e. The van der Waals surface area contributed by atoms with Crippen LogP contribution in [-0.4, -0.2) is 34.5 Å². The van der Waals surface area contributed by atoms with Gasteiger partial charge in [0.05, 0.1) is 5.39 Å². The lowest BCUT2D eigenvalue weighted by Crippen LogP contribution is -2.62. The normalized spacial score (nSPS) is 17.9. The zero-order valence-corrected chi connectivity index (χ0v) is 13.0. The van der Waals surface area contributed by atoms with Gasteiger partial charge in [0.15, 0.2) is 0 Å². The number of thiophene rings is 1. The summed E-state index contributed by atoms with van der Waals surface area (Å²) in [5, 5.41) is 3.85. The van der Waals surface area contributed by atoms with Gasteiger partial charge in [0.1, 0.15) is 16.2 Å². The quantitative estimate of drug-likeness (QED) is 0.566. The van der Waals surface area contributed by atoms with E-state index in [9.17, 15) is 4.79 Å². The first-order chi connectivity index (χ1) is 9.93. The summed E-state index contributed by atoms with van der Waals surface area (Å²) in [6.07, 6.45) is 0. The van der Waals surface area contributed by atoms with E-state index in [1.165, 1.54) is 0 Å². The molecule has 4 N–H and O–H groups in total. The van der Waals surface area contributed by atoms with Gasteiger partial charge in [-0.3, -0.25) is 10.2 Å². The average molecular weight is 306 g/mol. The number of piperazine rings is 1. The van der Waals surface area contributed by atoms with Crippen LogP contribution in [0.5, 0.6) is 0 Å². The summed E-state index contributed by atoms with van der Waals surface area (Å²) in [6, 6.07) is 2.05. The number of amides is 1. The number of rotatable bonds is 2. The smallest absolute Gasteiger partial charge is 0.245 e. The predicted octanol–water partition coefficient (Wildman–Crippen LogP) is 1.00. The lowest BCUT2D eigenvalue weighted by atomic mass is 9.98. The minimum atomic E-state index is -0.665. The number of aromatic nitrogens is 2. The van der Waals surface area contributed by atoms with E-state index in [1.54, 1.807) is 11.3 Å². The van der Waals surface area contributed by atoms with E-state index in [1.807, 2.05) is 25.7 Å². The van der Waals surface area contributed by atoms with Crippen molar-refractivity contribution < 1.29 is 4.79 Å². The number of anilines is 2. The van der Waals surface area contributed by atoms with Gasteiger partial charge in [0, 0.05) is 18.0 Å². The highest BCUT2D eigenvalue weighted by molar-refractivity contribution is 7.18. The van der Waals surface area contributed by atoms with E-state index in [-0.39, 0.29) is 5.91 Å². The molecular formula is C13H18N6OS. The van der Waals surface area contributed by atoms with Crippen molar-refractivity contribution in [2.45, 2.75) is 26.3 Å². The van der Waals surface area contributed by atoms with Crippen molar-refractivity contribution in [3.63, 3.8) is 0 Å². The molecule has 112 valence electrons. The Hall–Kier alpha value is -1.93. The van der Waals surface area contributed by atoms with Gasteiger partial charge in [0.2, 0.25) is 11.9 Å². The molecule has 3 heterocycles. The van der Waals surface area contributed by atoms with Crippen molar-refractivity contribution in [1.82, 2.24) is 15.3 Å². The average Bonchev–Trinajstić information content (AvgIpc) is 2.81. The molecule has 21 heavy (non-hydrogen) atoms. The van der Waals surface area contributed by atoms with Crippen LogP contribution in [0, 0.1) is 6.92 Å². The summed E-state index contributed by atoms with van der Waals surface area (Å²) < 4.78 is 0. The van der Waals surface area contributed by atoms with Gasteiger partial charge in [0.25, 0.3) is 0 Å². The molecule has 0 radical (unpaired) electrons. The first-order valence-corrected chi connectivity index (χ1v) is 7.56. The second-order valence-corrected chi connectivity index (χ2v) is 6.79. The maximum Gasteiger partial charge on any atom is 0.245 e. The van der Waals surface area contributed by atoms with Crippen molar-refractivity contribution >= 4 is 39.2 Å². The van der Waals surface area contributed by atoms with E-state index in [2.05, 4.69) is 26.8 Å². The van der Waals surface area contributed by atoms with Crippen LogP contribution in [0.25, 0.3) is 10.2 Å². The number of hydrazine groups is 1. The number of carbonyl (C=O) groups is 1. The Balaban J connectivity index is 2.20. The summed E-state index contributed by atoms with van der Waals surface area (Å²) in [7, 11) is 0. The molecule has 0 spiro atoms. The first kappa shape index (κ1) is 14.0. The Kier molecular flexibility index (Phi) is 3.22. The fourth-order valence-corrected chi connectivity index (χ4v) is 3.44. The molecule has 0 bridgehead atoms. The fourth-order valence-electron chi connectivity index (χ4n) is 2.57. The van der Waals surface area contributed by atoms with Gasteiger partial charge < -0.3 is 10.2 Å². The number of nitrogen functional groups attached to an aromatic ring is 1. The standard InChI is InChI=1S/C13H18N6OS/c1-7-6-8-9(16-12(18-14)17-10(8)21-7)19-5-4-15-11(20)13(19,2)3/h6H,4-5,14H2,1-3H3,(H,15,20)(H,16,17,18). The number of nitrogens with two attached hydrogens (primary N) is 1. The topological polar surface area (TPSA) is 96.2 Å². The molecule has 2 aromatic rings. The number of hydrogen-bond acceptors (Lipinski definition) is 7. The van der Waals surface area contributed by atoms with Crippen molar-refractivity contribution in [1.29, 1.82) is 0 Å². The first-order valence-electron chi connectivity index (χ1n) is 6.74. The van der Waals surface area contributed by atoms with Crippen molar-refractivity contribution in [2.75, 3.05) is 23.4 Å². The molecule has 1 saturated heterocycles. The third-order valence-electron chi connectivity index (χ3n) is 3.73. The van der Waals surface area contributed by atoms with E-state index in [0.29, 0.717) is 19.0 Å². The molecule has 7 nitrogen and oxygen atoms in total. The second kappa shape index (κ2) is 4.81. The van der Waals surface area contributed by atoms with Crippen molar-refractivity contribution in [2.24, 2.45) is 5.84 Å². The maximum absolute atomic E-state index is 12.2. The van der Waals surface area contributed by atoms with Crippen molar-refractivity contribution in [3.8, 4) is 0 Å². The molecule has 0 aromatic carbocycles. The highest BCUT2D eigenvalue weighted by Crippen LogP contribution is 2.35. The zero-order chi connectivity index (χ0) is 15.2. The number of fused-ring (bicyclic) bond motifs is 1. The van der Waals surface area contributed by atoms with E-state index in [4.69, 9.17) is 5.84 Å². The molecule has 2 aromatic heterocycles. The van der Waals surface area contributed by atoms with E-state index < -0.39 is 5.54 Å². The predicted molar refractivity (Wildman–Crippen MR) is 84.4 cm³/mol. The van der Waals surface area contributed by atoms with Gasteiger partial charge in [-0.05, 0) is 26.8 Å². The van der Waals surface area contributed by atoms with Gasteiger partial charge in [-0.2, -0.15) is 4.98 Å². The van der Waals surface area contributed by atoms with Crippen LogP contribution in [0.15, 0.2) is 6.07 Å². The monoisotopic (exact) mass is 306 g/mol. The molecule has 1 aliphatic heterocycles. The molecule has 1 amide bonds. The van der Waals surface area contributed by atoms with Crippen molar-refractivity contribution in [3.05, 3.63) is 10.9 Å². The molecule has 3 rings (SSSR count). The lowest BCUT2D eigenvalue weighted by Gasteiger charge is -2.42. The van der Waals surface area contributed by atoms with Crippen LogP contribution in [-0.2, 0) is 4.79 Å². The molecule has 1 aliphatic rings. The third-order valence-corrected chi connectivity index (χ3v) is 4.68. The Morgan fingerprint density at radius 2 is 2.24 bits per heavy atom. The lowest BCUT2D eigenvalue weighted by molar-refractivity contribution is -0.126. The van der Waals surface area contributed by atoms with Gasteiger partial charge in [-0.15, -0.1) is 11.3 Å². The van der Waals surface area contributed by atoms with E-state index in [0.717, 1.165) is 20.9 Å². The number of nitrogens with zero attached hydrogens (tertiary/aromatic N) is 3. The van der Waals surface area contributed by atoms with Crippen LogP contribution >= 0.6 is 11.3 Å². The summed E-state index contributed by atoms with van der Waals surface area (Å²) in [5.74, 6) is 6.58. The fraction of sp³-hybridized carbons (Fsp3) is 0.462. The molecule has 0 atom stereocenters. The minimum absolute atomic E-state index is 0.00489. The maximum atomic E-state index is 12.2. The number of hydrogen-bond donors (Lipinski definition) is 3. The molecule has 8 heteroatoms. The zero-order valence-electron chi connectivity index (χ0n) is 12.2. The molecule has 0 saturated carbocycles. The molecular weight excluding hydrogens is 288 g/mol. The van der Waals surface area contributed by atoms with Crippen LogP contribution in [0.1, 0.15) is 18.7 Å². The molecule has 1 fully saturated rings. The van der Waals surface area contributed by atoms with Crippen LogP contribution < -0.4 is 21.5 Å². The van der Waals surface area contributed by atoms with Crippen LogP contribution in [0.2, 0.25) is 0 Å². The Morgan fingerprint density at radius 1 is 1.48 bits per heavy atom. The van der Waals surface area contributed by atoms with E-state index >= 15 is 0 Å². The SMILES string of the molecule is Cc1cc2c(N3CCNC(=O)C3(C)C)nc(NN)nc2s1.